The van der Waals surface area contributed by atoms with E-state index >= 15 is 0 Å². The number of fused-ring (bicyclic) bond motifs is 3. The second kappa shape index (κ2) is 9.40. The van der Waals surface area contributed by atoms with Crippen LogP contribution in [0.3, 0.4) is 0 Å². The SMILES string of the molecule is CC(C)(O)C(=O)N[C@@H]1CC[C@@]2(S(=O)(=O)c3ccc(F)cc3)c3ccc(C(F)(C(F)(F)F)C(F)(F)F)cc3CC[C@@H]12. The number of hydrogen-bond acceptors (Lipinski definition) is 4. The Labute approximate surface area is 224 Å². The highest BCUT2D eigenvalue weighted by atomic mass is 32.2. The number of hydrogen-bond donors (Lipinski definition) is 2. The standard InChI is InChI=1S/C26H25F8NO4S/c1-22(2,37)21(36)35-20-11-12-23(40(38,39)17-7-5-16(27)6-8-17)18-10-4-15(13-14(18)3-9-19(20)23)24(28,25(29,30)31)26(32,33)34/h4-8,10,13,19-20,37H,3,9,11-12H2,1-2H3,(H,35,36)/t19-,20+,23+/m0/s1. The largest absolute Gasteiger partial charge is 0.435 e. The molecule has 1 saturated carbocycles. The first-order valence-electron chi connectivity index (χ1n) is 12.2. The molecule has 1 fully saturated rings. The van der Waals surface area contributed by atoms with Gasteiger partial charge in [-0.25, -0.2) is 17.2 Å². The van der Waals surface area contributed by atoms with Crippen LogP contribution in [0.5, 0.6) is 0 Å². The molecule has 0 bridgehead atoms. The third-order valence-electron chi connectivity index (χ3n) is 7.85. The van der Waals surface area contributed by atoms with E-state index in [0.29, 0.717) is 6.07 Å². The van der Waals surface area contributed by atoms with Crippen molar-refractivity contribution in [1.82, 2.24) is 5.32 Å². The molecular weight excluding hydrogens is 574 g/mol. The van der Waals surface area contributed by atoms with Crippen molar-refractivity contribution in [1.29, 1.82) is 0 Å². The lowest BCUT2D eigenvalue weighted by atomic mass is 9.73. The molecule has 0 saturated heterocycles. The van der Waals surface area contributed by atoms with Crippen molar-refractivity contribution in [2.24, 2.45) is 5.92 Å². The van der Waals surface area contributed by atoms with Crippen molar-refractivity contribution in [3.63, 3.8) is 0 Å². The smallest absolute Gasteiger partial charge is 0.381 e. The van der Waals surface area contributed by atoms with Gasteiger partial charge in [-0.1, -0.05) is 18.2 Å². The molecule has 1 amide bonds. The lowest BCUT2D eigenvalue weighted by Crippen LogP contribution is -2.53. The molecule has 14 heteroatoms. The molecule has 2 aromatic carbocycles. The molecule has 220 valence electrons. The van der Waals surface area contributed by atoms with Crippen LogP contribution in [-0.2, 0) is 31.5 Å². The zero-order valence-electron chi connectivity index (χ0n) is 21.1. The molecule has 0 aliphatic heterocycles. The van der Waals surface area contributed by atoms with Crippen molar-refractivity contribution < 1.29 is 53.4 Å². The number of aliphatic hydroxyl groups is 1. The minimum atomic E-state index is -6.35. The summed E-state index contributed by atoms with van der Waals surface area (Å²) in [6.45, 7) is 2.42. The summed E-state index contributed by atoms with van der Waals surface area (Å²) in [5.74, 6) is -2.49. The summed E-state index contributed by atoms with van der Waals surface area (Å²) in [6, 6.07) is 4.36. The molecule has 0 aromatic heterocycles. The van der Waals surface area contributed by atoms with Crippen LogP contribution in [0.2, 0.25) is 0 Å². The van der Waals surface area contributed by atoms with Crippen LogP contribution in [0.4, 0.5) is 35.1 Å². The second-order valence-corrected chi connectivity index (χ2v) is 12.9. The Morgan fingerprint density at radius 2 is 1.52 bits per heavy atom. The summed E-state index contributed by atoms with van der Waals surface area (Å²) in [4.78, 5) is 12.2. The Morgan fingerprint density at radius 3 is 2.05 bits per heavy atom. The van der Waals surface area contributed by atoms with Crippen LogP contribution in [0, 0.1) is 11.7 Å². The van der Waals surface area contributed by atoms with Gasteiger partial charge in [0, 0.05) is 17.5 Å². The molecule has 4 rings (SSSR count). The van der Waals surface area contributed by atoms with Gasteiger partial charge in [-0.15, -0.1) is 0 Å². The van der Waals surface area contributed by atoms with Crippen LogP contribution in [0.1, 0.15) is 49.8 Å². The summed E-state index contributed by atoms with van der Waals surface area (Å²) in [5, 5.41) is 12.7. The van der Waals surface area contributed by atoms with Crippen molar-refractivity contribution >= 4 is 15.7 Å². The monoisotopic (exact) mass is 599 g/mol. The molecule has 40 heavy (non-hydrogen) atoms. The summed E-state index contributed by atoms with van der Waals surface area (Å²) in [5.41, 5.74) is -9.60. The molecule has 2 aliphatic carbocycles. The number of aryl methyl sites for hydroxylation is 1. The predicted molar refractivity (Wildman–Crippen MR) is 126 cm³/mol. The van der Waals surface area contributed by atoms with Gasteiger partial charge in [-0.2, -0.15) is 26.3 Å². The maximum absolute atomic E-state index is 14.9. The van der Waals surface area contributed by atoms with Gasteiger partial charge < -0.3 is 10.4 Å². The zero-order valence-corrected chi connectivity index (χ0v) is 21.9. The maximum Gasteiger partial charge on any atom is 0.435 e. The van der Waals surface area contributed by atoms with E-state index in [1.54, 1.807) is 0 Å². The van der Waals surface area contributed by atoms with E-state index in [-0.39, 0.29) is 47.8 Å². The van der Waals surface area contributed by atoms with Gasteiger partial charge in [-0.3, -0.25) is 4.79 Å². The Morgan fingerprint density at radius 1 is 0.950 bits per heavy atom. The summed E-state index contributed by atoms with van der Waals surface area (Å²) in [6.07, 6.45) is -13.2. The lowest BCUT2D eigenvalue weighted by molar-refractivity contribution is -0.348. The van der Waals surface area contributed by atoms with Gasteiger partial charge >= 0.3 is 18.0 Å². The third kappa shape index (κ3) is 4.47. The molecule has 0 unspecified atom stereocenters. The number of carbonyl (C=O) groups is 1. The number of amides is 1. The first-order chi connectivity index (χ1) is 18.2. The molecule has 0 radical (unpaired) electrons. The van der Waals surface area contributed by atoms with E-state index in [2.05, 4.69) is 5.32 Å². The average molecular weight is 600 g/mol. The van der Waals surface area contributed by atoms with Crippen LogP contribution in [-0.4, -0.2) is 43.4 Å². The normalized spacial score (nSPS) is 23.9. The minimum absolute atomic E-state index is 0.0340. The van der Waals surface area contributed by atoms with Crippen molar-refractivity contribution in [2.75, 3.05) is 0 Å². The number of rotatable bonds is 5. The van der Waals surface area contributed by atoms with Gasteiger partial charge in [0.1, 0.15) is 16.2 Å². The maximum atomic E-state index is 14.9. The molecule has 3 atom stereocenters. The summed E-state index contributed by atoms with van der Waals surface area (Å²) >= 11 is 0. The van der Waals surface area contributed by atoms with E-state index < -0.39 is 67.5 Å². The van der Waals surface area contributed by atoms with Crippen LogP contribution in [0.15, 0.2) is 47.4 Å². The fraction of sp³-hybridized carbons (Fsp3) is 0.500. The number of halogens is 8. The van der Waals surface area contributed by atoms with Crippen molar-refractivity contribution in [3.05, 3.63) is 65.0 Å². The number of benzene rings is 2. The van der Waals surface area contributed by atoms with Gasteiger partial charge in [-0.05, 0) is 74.9 Å². The highest BCUT2D eigenvalue weighted by molar-refractivity contribution is 7.92. The number of nitrogens with one attached hydrogen (secondary N) is 1. The van der Waals surface area contributed by atoms with Crippen LogP contribution in [0.25, 0.3) is 0 Å². The van der Waals surface area contributed by atoms with Crippen molar-refractivity contribution in [3.8, 4) is 0 Å². The first-order valence-corrected chi connectivity index (χ1v) is 13.7. The predicted octanol–water partition coefficient (Wildman–Crippen LogP) is 5.40. The highest BCUT2D eigenvalue weighted by Crippen LogP contribution is 2.59. The quantitative estimate of drug-likeness (QED) is 0.357. The second-order valence-electron chi connectivity index (χ2n) is 10.7. The molecule has 0 heterocycles. The number of alkyl halides is 7. The van der Waals surface area contributed by atoms with Gasteiger partial charge in [0.05, 0.1) is 4.90 Å². The fourth-order valence-corrected chi connectivity index (χ4v) is 8.37. The Bertz CT molecular complexity index is 1400. The fourth-order valence-electron chi connectivity index (χ4n) is 5.90. The van der Waals surface area contributed by atoms with E-state index in [0.717, 1.165) is 30.3 Å². The molecule has 5 nitrogen and oxygen atoms in total. The third-order valence-corrected chi connectivity index (χ3v) is 10.4. The number of carbonyl (C=O) groups excluding carboxylic acids is 1. The van der Waals surface area contributed by atoms with Gasteiger partial charge in [0.2, 0.25) is 0 Å². The molecule has 2 aliphatic rings. The van der Waals surface area contributed by atoms with Crippen LogP contribution >= 0.6 is 0 Å². The number of sulfone groups is 1. The van der Waals surface area contributed by atoms with E-state index in [9.17, 15) is 53.4 Å². The Kier molecular flexibility index (Phi) is 7.10. The zero-order chi connectivity index (χ0) is 30.1. The minimum Gasteiger partial charge on any atom is -0.381 e. The molecule has 0 spiro atoms. The first kappa shape index (κ1) is 30.2. The van der Waals surface area contributed by atoms with E-state index in [1.165, 1.54) is 13.8 Å². The van der Waals surface area contributed by atoms with Crippen molar-refractivity contribution in [2.45, 2.75) is 78.8 Å². The van der Waals surface area contributed by atoms with Gasteiger partial charge in [0.25, 0.3) is 5.91 Å². The van der Waals surface area contributed by atoms with E-state index in [1.807, 2.05) is 0 Å². The molecule has 2 N–H and O–H groups in total. The summed E-state index contributed by atoms with van der Waals surface area (Å²) in [7, 11) is -4.52. The Hall–Kier alpha value is -2.74. The average Bonchev–Trinajstić information content (AvgIpc) is 3.21. The Balaban J connectivity index is 1.92. The van der Waals surface area contributed by atoms with Crippen LogP contribution < -0.4 is 5.32 Å². The summed E-state index contributed by atoms with van der Waals surface area (Å²) < 4.78 is 135. The highest BCUT2D eigenvalue weighted by Gasteiger charge is 2.73. The topological polar surface area (TPSA) is 83.5 Å². The lowest BCUT2D eigenvalue weighted by Gasteiger charge is -2.43. The van der Waals surface area contributed by atoms with Gasteiger partial charge in [0.15, 0.2) is 9.84 Å². The van der Waals surface area contributed by atoms with E-state index in [4.69, 9.17) is 0 Å². The molecular formula is C26H25F8NO4S. The molecule has 2 aromatic rings.